The van der Waals surface area contributed by atoms with Crippen LogP contribution in [0.4, 0.5) is 11.4 Å². The monoisotopic (exact) mass is 537 g/mol. The molecule has 2 N–H and O–H groups in total. The molecule has 6 atom stereocenters. The first-order valence-corrected chi connectivity index (χ1v) is 12.8. The van der Waals surface area contributed by atoms with Crippen molar-refractivity contribution >= 4 is 45.1 Å². The van der Waals surface area contributed by atoms with E-state index in [1.807, 2.05) is 24.3 Å². The molecule has 0 aromatic heterocycles. The van der Waals surface area contributed by atoms with Crippen molar-refractivity contribution in [1.29, 1.82) is 0 Å². The van der Waals surface area contributed by atoms with Crippen LogP contribution in [0.15, 0.2) is 24.3 Å². The lowest BCUT2D eigenvalue weighted by molar-refractivity contribution is -0.154. The smallest absolute Gasteiger partial charge is 0.312 e. The number of nitrogens with one attached hydrogen (secondary N) is 1. The summed E-state index contributed by atoms with van der Waals surface area (Å²) < 4.78 is 11.6. The van der Waals surface area contributed by atoms with Crippen LogP contribution in [0, 0.1) is 11.8 Å². The molecular formula is C24H32BrN3O6. The Morgan fingerprint density at radius 1 is 1.26 bits per heavy atom. The Hall–Kier alpha value is -2.17. The van der Waals surface area contributed by atoms with Crippen LogP contribution >= 0.6 is 15.9 Å². The number of alkyl halides is 1. The summed E-state index contributed by atoms with van der Waals surface area (Å²) in [5.41, 5.74) is 0.493. The van der Waals surface area contributed by atoms with E-state index in [1.165, 1.54) is 4.90 Å². The fourth-order valence-electron chi connectivity index (χ4n) is 5.84. The number of aliphatic hydroxyl groups excluding tert-OH is 1. The van der Waals surface area contributed by atoms with Crippen molar-refractivity contribution in [1.82, 2.24) is 4.90 Å². The number of carbonyl (C=O) groups is 3. The molecule has 0 aliphatic carbocycles. The maximum atomic E-state index is 13.6. The number of β-amino-alcohol motifs (C(OH)–C–C–N with tert-alkyl or cyclic N) is 1. The van der Waals surface area contributed by atoms with Crippen LogP contribution < -0.4 is 10.2 Å². The lowest BCUT2D eigenvalue weighted by atomic mass is 9.70. The van der Waals surface area contributed by atoms with Gasteiger partial charge in [-0.25, -0.2) is 0 Å². The molecule has 2 bridgehead atoms. The number of anilines is 2. The SMILES string of the molecule is CCOC(=O)[C@H]1[C@H]2C(=O)N(CCO)C(C(=O)Nc3ccc(N(CC)CC)cc3)C23CC(Br)[C@@H]1O3. The van der Waals surface area contributed by atoms with Gasteiger partial charge in [0.15, 0.2) is 0 Å². The minimum absolute atomic E-state index is 0.0212. The Morgan fingerprint density at radius 3 is 2.53 bits per heavy atom. The molecule has 1 spiro atoms. The number of esters is 1. The average molecular weight is 538 g/mol. The second kappa shape index (κ2) is 9.83. The van der Waals surface area contributed by atoms with E-state index in [4.69, 9.17) is 9.47 Å². The van der Waals surface area contributed by atoms with Gasteiger partial charge in [0.25, 0.3) is 0 Å². The highest BCUT2D eigenvalue weighted by atomic mass is 79.9. The number of carbonyl (C=O) groups excluding carboxylic acids is 3. The van der Waals surface area contributed by atoms with E-state index in [0.717, 1.165) is 18.8 Å². The van der Waals surface area contributed by atoms with Gasteiger partial charge < -0.3 is 29.7 Å². The third-order valence-corrected chi connectivity index (χ3v) is 8.05. The maximum absolute atomic E-state index is 13.6. The lowest BCUT2D eigenvalue weighted by Crippen LogP contribution is -2.54. The topological polar surface area (TPSA) is 108 Å². The number of likely N-dealkylation sites (tertiary alicyclic amines) is 1. The Balaban J connectivity index is 1.63. The number of nitrogens with zero attached hydrogens (tertiary/aromatic N) is 2. The minimum Gasteiger partial charge on any atom is -0.466 e. The predicted molar refractivity (Wildman–Crippen MR) is 130 cm³/mol. The van der Waals surface area contributed by atoms with Crippen LogP contribution in [0.25, 0.3) is 0 Å². The molecule has 9 nitrogen and oxygen atoms in total. The van der Waals surface area contributed by atoms with Gasteiger partial charge >= 0.3 is 5.97 Å². The van der Waals surface area contributed by atoms with Gasteiger partial charge in [-0.2, -0.15) is 0 Å². The first-order valence-electron chi connectivity index (χ1n) is 11.9. The van der Waals surface area contributed by atoms with Crippen molar-refractivity contribution in [2.45, 2.75) is 49.8 Å². The molecule has 186 valence electrons. The van der Waals surface area contributed by atoms with Crippen molar-refractivity contribution in [3.05, 3.63) is 24.3 Å². The predicted octanol–water partition coefficient (Wildman–Crippen LogP) is 1.77. The van der Waals surface area contributed by atoms with Crippen LogP contribution in [0.5, 0.6) is 0 Å². The van der Waals surface area contributed by atoms with Gasteiger partial charge in [0.2, 0.25) is 11.8 Å². The van der Waals surface area contributed by atoms with Crippen molar-refractivity contribution in [3.63, 3.8) is 0 Å². The zero-order valence-electron chi connectivity index (χ0n) is 19.7. The Kier molecular flexibility index (Phi) is 7.21. The quantitative estimate of drug-likeness (QED) is 0.365. The fraction of sp³-hybridized carbons (Fsp3) is 0.625. The van der Waals surface area contributed by atoms with Gasteiger partial charge in [-0.15, -0.1) is 0 Å². The van der Waals surface area contributed by atoms with Gasteiger partial charge in [-0.1, -0.05) is 15.9 Å². The van der Waals surface area contributed by atoms with E-state index in [0.29, 0.717) is 12.1 Å². The van der Waals surface area contributed by atoms with Gasteiger partial charge in [-0.3, -0.25) is 14.4 Å². The highest BCUT2D eigenvalue weighted by molar-refractivity contribution is 9.09. The molecule has 3 aliphatic heterocycles. The van der Waals surface area contributed by atoms with Crippen LogP contribution in [-0.2, 0) is 23.9 Å². The van der Waals surface area contributed by atoms with Crippen molar-refractivity contribution in [2.75, 3.05) is 43.1 Å². The van der Waals surface area contributed by atoms with E-state index in [2.05, 4.69) is 40.0 Å². The molecule has 4 rings (SSSR count). The molecular weight excluding hydrogens is 506 g/mol. The van der Waals surface area contributed by atoms with E-state index >= 15 is 0 Å². The maximum Gasteiger partial charge on any atom is 0.312 e. The second-order valence-corrected chi connectivity index (χ2v) is 10.1. The summed E-state index contributed by atoms with van der Waals surface area (Å²) in [6.07, 6.45) is -0.141. The molecule has 10 heteroatoms. The number of halogens is 1. The van der Waals surface area contributed by atoms with Crippen LogP contribution in [0.1, 0.15) is 27.2 Å². The summed E-state index contributed by atoms with van der Waals surface area (Å²) in [6, 6.07) is 6.57. The van der Waals surface area contributed by atoms with E-state index in [1.54, 1.807) is 6.92 Å². The zero-order chi connectivity index (χ0) is 24.6. The molecule has 34 heavy (non-hydrogen) atoms. The summed E-state index contributed by atoms with van der Waals surface area (Å²) in [6.45, 7) is 7.49. The van der Waals surface area contributed by atoms with Crippen LogP contribution in [0.3, 0.4) is 0 Å². The second-order valence-electron chi connectivity index (χ2n) is 8.88. The number of ether oxygens (including phenoxy) is 2. The Labute approximate surface area is 207 Å². The largest absolute Gasteiger partial charge is 0.466 e. The molecule has 0 saturated carbocycles. The molecule has 1 aromatic rings. The summed E-state index contributed by atoms with van der Waals surface area (Å²) in [4.78, 5) is 43.2. The summed E-state index contributed by atoms with van der Waals surface area (Å²) in [5.74, 6) is -2.86. The molecule has 3 heterocycles. The number of aliphatic hydroxyl groups is 1. The van der Waals surface area contributed by atoms with Crippen LogP contribution in [-0.4, -0.2) is 83.2 Å². The molecule has 3 unspecified atom stereocenters. The number of amides is 2. The first-order chi connectivity index (χ1) is 16.3. The fourth-order valence-corrected chi connectivity index (χ4v) is 6.78. The summed E-state index contributed by atoms with van der Waals surface area (Å²) >= 11 is 3.60. The molecule has 1 aromatic carbocycles. The van der Waals surface area contributed by atoms with Crippen LogP contribution in [0.2, 0.25) is 0 Å². The molecule has 3 aliphatic rings. The molecule has 2 amide bonds. The number of fused-ring (bicyclic) bond motifs is 1. The standard InChI is InChI=1S/C24H32BrN3O6/c1-4-27(5-2)15-9-7-14(8-10-15)26-21(30)20-24-13-16(25)19(34-24)17(23(32)33-6-3)18(24)22(31)28(20)11-12-29/h7-10,16-20,29H,4-6,11-13H2,1-3H3,(H,26,30)/t16?,17-,18-,19-,20?,24?/m0/s1. The highest BCUT2D eigenvalue weighted by Gasteiger charge is 2.76. The van der Waals surface area contributed by atoms with Gasteiger partial charge in [0.05, 0.1) is 31.2 Å². The number of benzene rings is 1. The average Bonchev–Trinajstić information content (AvgIpc) is 3.40. The molecule has 3 fully saturated rings. The van der Waals surface area contributed by atoms with Gasteiger partial charge in [-0.05, 0) is 51.5 Å². The number of rotatable bonds is 9. The van der Waals surface area contributed by atoms with Crippen molar-refractivity contribution < 1.29 is 29.0 Å². The normalized spacial score (nSPS) is 31.5. The lowest BCUT2D eigenvalue weighted by Gasteiger charge is -2.33. The summed E-state index contributed by atoms with van der Waals surface area (Å²) in [7, 11) is 0. The van der Waals surface area contributed by atoms with E-state index < -0.39 is 41.5 Å². The van der Waals surface area contributed by atoms with E-state index in [-0.39, 0.29) is 30.5 Å². The summed E-state index contributed by atoms with van der Waals surface area (Å²) in [5, 5.41) is 12.6. The Bertz CT molecular complexity index is 939. The number of hydrogen-bond acceptors (Lipinski definition) is 7. The highest BCUT2D eigenvalue weighted by Crippen LogP contribution is 2.60. The molecule has 0 radical (unpaired) electrons. The van der Waals surface area contributed by atoms with Crippen molar-refractivity contribution in [2.24, 2.45) is 11.8 Å². The molecule has 3 saturated heterocycles. The minimum atomic E-state index is -1.16. The number of hydrogen-bond donors (Lipinski definition) is 2. The third kappa shape index (κ3) is 3.89. The van der Waals surface area contributed by atoms with E-state index in [9.17, 15) is 19.5 Å². The van der Waals surface area contributed by atoms with Crippen molar-refractivity contribution in [3.8, 4) is 0 Å². The first kappa shape index (κ1) is 24.9. The Morgan fingerprint density at radius 2 is 1.94 bits per heavy atom. The zero-order valence-corrected chi connectivity index (χ0v) is 21.3. The van der Waals surface area contributed by atoms with Gasteiger partial charge in [0.1, 0.15) is 11.6 Å². The third-order valence-electron chi connectivity index (χ3n) is 7.20. The van der Waals surface area contributed by atoms with Gasteiger partial charge in [0, 0.05) is 35.8 Å².